The molecule has 2 atom stereocenters. The number of methoxy groups -OCH3 is 1. The number of carbonyl (C=O) groups is 2. The molecule has 2 fully saturated rings. The Morgan fingerprint density at radius 3 is 2.50 bits per heavy atom. The zero-order valence-corrected chi connectivity index (χ0v) is 12.4. The predicted molar refractivity (Wildman–Crippen MR) is 73.5 cm³/mol. The molecule has 0 radical (unpaired) electrons. The maximum Gasteiger partial charge on any atom is 0.326 e. The molecule has 1 N–H and O–H groups in total. The second-order valence-electron chi connectivity index (χ2n) is 6.07. The highest BCUT2D eigenvalue weighted by Gasteiger charge is 2.42. The number of hydrogen-bond acceptors (Lipinski definition) is 3. The molecular weight excluding hydrogens is 260 g/mol. The van der Waals surface area contributed by atoms with Crippen molar-refractivity contribution < 1.29 is 19.4 Å². The van der Waals surface area contributed by atoms with E-state index in [0.717, 1.165) is 6.54 Å². The van der Waals surface area contributed by atoms with Crippen LogP contribution in [0.4, 0.5) is 4.79 Å². The smallest absolute Gasteiger partial charge is 0.326 e. The average molecular weight is 284 g/mol. The number of urea groups is 1. The molecule has 1 heterocycles. The number of ether oxygens (including phenoxy) is 1. The van der Waals surface area contributed by atoms with Crippen LogP contribution in [0.15, 0.2) is 0 Å². The van der Waals surface area contributed by atoms with Crippen molar-refractivity contribution in [3.8, 4) is 0 Å². The summed E-state index contributed by atoms with van der Waals surface area (Å²) in [6.07, 6.45) is 2.52. The summed E-state index contributed by atoms with van der Waals surface area (Å²) < 4.78 is 5.23. The number of rotatable bonds is 5. The minimum absolute atomic E-state index is 0.0825. The van der Waals surface area contributed by atoms with E-state index in [0.29, 0.717) is 18.9 Å². The van der Waals surface area contributed by atoms with Crippen LogP contribution in [0.5, 0.6) is 0 Å². The van der Waals surface area contributed by atoms with Crippen molar-refractivity contribution in [3.63, 3.8) is 0 Å². The van der Waals surface area contributed by atoms with E-state index in [1.165, 1.54) is 17.7 Å². The molecule has 0 bridgehead atoms. The van der Waals surface area contributed by atoms with Crippen LogP contribution in [0.1, 0.15) is 33.1 Å². The molecule has 2 rings (SSSR count). The van der Waals surface area contributed by atoms with Crippen LogP contribution in [0.3, 0.4) is 0 Å². The van der Waals surface area contributed by atoms with Crippen molar-refractivity contribution in [2.24, 2.45) is 5.92 Å². The number of carbonyl (C=O) groups excluding carboxylic acids is 1. The Kier molecular flexibility index (Phi) is 4.52. The van der Waals surface area contributed by atoms with E-state index >= 15 is 0 Å². The van der Waals surface area contributed by atoms with Crippen LogP contribution in [-0.4, -0.2) is 65.3 Å². The molecule has 20 heavy (non-hydrogen) atoms. The summed E-state index contributed by atoms with van der Waals surface area (Å²) >= 11 is 0. The molecule has 114 valence electrons. The van der Waals surface area contributed by atoms with Gasteiger partial charge in [-0.2, -0.15) is 0 Å². The van der Waals surface area contributed by atoms with Gasteiger partial charge >= 0.3 is 12.0 Å². The van der Waals surface area contributed by atoms with Gasteiger partial charge in [0, 0.05) is 32.7 Å². The summed E-state index contributed by atoms with van der Waals surface area (Å²) in [6.45, 7) is 5.04. The minimum atomic E-state index is -0.951. The number of aliphatic carboxylic acids is 1. The molecule has 1 saturated carbocycles. The van der Waals surface area contributed by atoms with Crippen LogP contribution < -0.4 is 0 Å². The molecule has 0 aromatic heterocycles. The molecule has 6 nitrogen and oxygen atoms in total. The first kappa shape index (κ1) is 15.1. The fourth-order valence-corrected chi connectivity index (χ4v) is 2.67. The maximum atomic E-state index is 12.7. The second-order valence-corrected chi connectivity index (χ2v) is 6.07. The first-order chi connectivity index (χ1) is 9.43. The molecule has 0 aromatic rings. The fourth-order valence-electron chi connectivity index (χ4n) is 2.67. The van der Waals surface area contributed by atoms with Gasteiger partial charge in [0.2, 0.25) is 0 Å². The normalized spacial score (nSPS) is 26.1. The van der Waals surface area contributed by atoms with Crippen molar-refractivity contribution in [2.75, 3.05) is 20.2 Å². The van der Waals surface area contributed by atoms with Crippen LogP contribution >= 0.6 is 0 Å². The van der Waals surface area contributed by atoms with Crippen molar-refractivity contribution >= 4 is 12.0 Å². The van der Waals surface area contributed by atoms with Gasteiger partial charge in [-0.15, -0.1) is 0 Å². The Balaban J connectivity index is 2.09. The van der Waals surface area contributed by atoms with E-state index in [1.807, 2.05) is 13.8 Å². The standard InChI is InChI=1S/C14H24N2O4/c1-9(2)15(7-10-4-5-10)14(19)16-8-11(20-3)6-12(16)13(17)18/h9-12H,4-8H2,1-3H3,(H,17,18). The molecule has 1 saturated heterocycles. The SMILES string of the molecule is COC1CC(C(=O)O)N(C(=O)N(CC2CC2)C(C)C)C1. The van der Waals surface area contributed by atoms with Gasteiger partial charge in [0.1, 0.15) is 6.04 Å². The van der Waals surface area contributed by atoms with Gasteiger partial charge < -0.3 is 19.6 Å². The lowest BCUT2D eigenvalue weighted by atomic mass is 10.2. The first-order valence-corrected chi connectivity index (χ1v) is 7.26. The van der Waals surface area contributed by atoms with E-state index in [2.05, 4.69) is 0 Å². The summed E-state index contributed by atoms with van der Waals surface area (Å²) in [7, 11) is 1.56. The molecule has 1 aliphatic heterocycles. The highest BCUT2D eigenvalue weighted by atomic mass is 16.5. The van der Waals surface area contributed by atoms with Gasteiger partial charge in [0.15, 0.2) is 0 Å². The number of carboxylic acid groups (broad SMARTS) is 1. The largest absolute Gasteiger partial charge is 0.480 e. The molecule has 0 spiro atoms. The highest BCUT2D eigenvalue weighted by Crippen LogP contribution is 2.31. The van der Waals surface area contributed by atoms with E-state index in [1.54, 1.807) is 12.0 Å². The van der Waals surface area contributed by atoms with E-state index in [4.69, 9.17) is 4.74 Å². The van der Waals surface area contributed by atoms with Gasteiger partial charge in [0.25, 0.3) is 0 Å². The number of nitrogens with zero attached hydrogens (tertiary/aromatic N) is 2. The predicted octanol–water partition coefficient (Wildman–Crippen LogP) is 1.40. The number of amides is 2. The third kappa shape index (κ3) is 3.23. The molecule has 1 aliphatic carbocycles. The fraction of sp³-hybridized carbons (Fsp3) is 0.857. The van der Waals surface area contributed by atoms with Crippen molar-refractivity contribution in [2.45, 2.75) is 51.3 Å². The van der Waals surface area contributed by atoms with Gasteiger partial charge in [-0.3, -0.25) is 0 Å². The van der Waals surface area contributed by atoms with Crippen molar-refractivity contribution in [1.29, 1.82) is 0 Å². The molecule has 6 heteroatoms. The summed E-state index contributed by atoms with van der Waals surface area (Å²) in [5.41, 5.74) is 0. The monoisotopic (exact) mass is 284 g/mol. The summed E-state index contributed by atoms with van der Waals surface area (Å²) in [4.78, 5) is 27.3. The molecule has 2 aliphatic rings. The Hall–Kier alpha value is -1.30. The van der Waals surface area contributed by atoms with Crippen molar-refractivity contribution in [1.82, 2.24) is 9.80 Å². The highest BCUT2D eigenvalue weighted by molar-refractivity contribution is 5.83. The molecular formula is C14H24N2O4. The van der Waals surface area contributed by atoms with E-state index < -0.39 is 12.0 Å². The van der Waals surface area contributed by atoms with Gasteiger partial charge in [-0.25, -0.2) is 9.59 Å². The van der Waals surface area contributed by atoms with E-state index in [9.17, 15) is 14.7 Å². The van der Waals surface area contributed by atoms with Gasteiger partial charge in [0.05, 0.1) is 6.10 Å². The molecule has 2 unspecified atom stereocenters. The van der Waals surface area contributed by atoms with E-state index in [-0.39, 0.29) is 18.2 Å². The van der Waals surface area contributed by atoms with Gasteiger partial charge in [-0.05, 0) is 32.6 Å². The van der Waals surface area contributed by atoms with Crippen molar-refractivity contribution in [3.05, 3.63) is 0 Å². The Bertz CT molecular complexity index is 381. The van der Waals surface area contributed by atoms with Crippen LogP contribution in [-0.2, 0) is 9.53 Å². The third-order valence-corrected chi connectivity index (χ3v) is 4.15. The first-order valence-electron chi connectivity index (χ1n) is 7.26. The number of likely N-dealkylation sites (tertiary alicyclic amines) is 1. The lowest BCUT2D eigenvalue weighted by Gasteiger charge is -2.33. The molecule has 0 aromatic carbocycles. The van der Waals surface area contributed by atoms with Crippen LogP contribution in [0, 0.1) is 5.92 Å². The maximum absolute atomic E-state index is 12.7. The minimum Gasteiger partial charge on any atom is -0.480 e. The Labute approximate surface area is 119 Å². The summed E-state index contributed by atoms with van der Waals surface area (Å²) in [5, 5.41) is 9.29. The lowest BCUT2D eigenvalue weighted by Crippen LogP contribution is -2.51. The quantitative estimate of drug-likeness (QED) is 0.828. The Morgan fingerprint density at radius 2 is 2.05 bits per heavy atom. The second kappa shape index (κ2) is 5.99. The Morgan fingerprint density at radius 1 is 1.40 bits per heavy atom. The number of carboxylic acids is 1. The molecule has 2 amide bonds. The zero-order valence-electron chi connectivity index (χ0n) is 12.4. The van der Waals surface area contributed by atoms with Gasteiger partial charge in [-0.1, -0.05) is 0 Å². The zero-order chi connectivity index (χ0) is 14.9. The average Bonchev–Trinajstić information content (AvgIpc) is 3.10. The lowest BCUT2D eigenvalue weighted by molar-refractivity contribution is -0.141. The topological polar surface area (TPSA) is 70.1 Å². The summed E-state index contributed by atoms with van der Waals surface area (Å²) in [5.74, 6) is -0.363. The van der Waals surface area contributed by atoms with Crippen LogP contribution in [0.2, 0.25) is 0 Å². The number of hydrogen-bond donors (Lipinski definition) is 1. The van der Waals surface area contributed by atoms with Crippen LogP contribution in [0.25, 0.3) is 0 Å². The summed E-state index contributed by atoms with van der Waals surface area (Å²) in [6, 6.07) is -0.856. The third-order valence-electron chi connectivity index (χ3n) is 4.15.